The van der Waals surface area contributed by atoms with Crippen molar-refractivity contribution in [3.8, 4) is 0 Å². The van der Waals surface area contributed by atoms with Gasteiger partial charge >= 0.3 is 0 Å². The Morgan fingerprint density at radius 1 is 1.47 bits per heavy atom. The number of nitrogens with zero attached hydrogens (tertiary/aromatic N) is 2. The summed E-state index contributed by atoms with van der Waals surface area (Å²) >= 11 is 0. The van der Waals surface area contributed by atoms with Crippen molar-refractivity contribution in [3.05, 3.63) is 35.1 Å². The van der Waals surface area contributed by atoms with E-state index in [9.17, 15) is 4.39 Å². The van der Waals surface area contributed by atoms with Gasteiger partial charge in [0.25, 0.3) is 0 Å². The van der Waals surface area contributed by atoms with Crippen LogP contribution in [0, 0.1) is 5.82 Å². The second-order valence-corrected chi connectivity index (χ2v) is 4.83. The standard InChI is InChI=1S/C14H22FN3O/c1-4-8-18(10(2)3)9-11-6-5-7-12(13(11)15)14(16)17-19/h5-7,10,19H,4,8-9H2,1-3H3,(H2,16,17). The molecule has 0 fully saturated rings. The van der Waals surface area contributed by atoms with Crippen LogP contribution in [0.15, 0.2) is 23.4 Å². The van der Waals surface area contributed by atoms with Crippen LogP contribution in [-0.2, 0) is 6.54 Å². The zero-order valence-corrected chi connectivity index (χ0v) is 11.7. The fourth-order valence-corrected chi connectivity index (χ4v) is 1.98. The highest BCUT2D eigenvalue weighted by atomic mass is 19.1. The van der Waals surface area contributed by atoms with Crippen LogP contribution in [0.3, 0.4) is 0 Å². The van der Waals surface area contributed by atoms with Gasteiger partial charge in [-0.1, -0.05) is 24.2 Å². The zero-order chi connectivity index (χ0) is 14.4. The van der Waals surface area contributed by atoms with Gasteiger partial charge in [0.1, 0.15) is 5.82 Å². The highest BCUT2D eigenvalue weighted by molar-refractivity contribution is 5.97. The van der Waals surface area contributed by atoms with E-state index in [4.69, 9.17) is 10.9 Å². The summed E-state index contributed by atoms with van der Waals surface area (Å²) in [5.74, 6) is -0.620. The Hall–Kier alpha value is -1.62. The Labute approximate surface area is 113 Å². The first kappa shape index (κ1) is 15.4. The normalized spacial score (nSPS) is 12.4. The van der Waals surface area contributed by atoms with Crippen molar-refractivity contribution in [1.29, 1.82) is 0 Å². The van der Waals surface area contributed by atoms with E-state index in [0.717, 1.165) is 13.0 Å². The lowest BCUT2D eigenvalue weighted by Crippen LogP contribution is -2.31. The smallest absolute Gasteiger partial charge is 0.173 e. The molecule has 0 heterocycles. The molecular formula is C14H22FN3O. The molecule has 19 heavy (non-hydrogen) atoms. The summed E-state index contributed by atoms with van der Waals surface area (Å²) < 4.78 is 14.3. The molecule has 0 aromatic heterocycles. The summed E-state index contributed by atoms with van der Waals surface area (Å²) in [5, 5.41) is 11.5. The third-order valence-corrected chi connectivity index (χ3v) is 3.08. The first-order valence-electron chi connectivity index (χ1n) is 6.50. The van der Waals surface area contributed by atoms with E-state index >= 15 is 0 Å². The number of hydrogen-bond acceptors (Lipinski definition) is 3. The van der Waals surface area contributed by atoms with E-state index < -0.39 is 5.82 Å². The molecule has 106 valence electrons. The van der Waals surface area contributed by atoms with Gasteiger partial charge in [-0.2, -0.15) is 0 Å². The van der Waals surface area contributed by atoms with Gasteiger partial charge in [0.05, 0.1) is 5.56 Å². The first-order valence-corrected chi connectivity index (χ1v) is 6.50. The average molecular weight is 267 g/mol. The minimum Gasteiger partial charge on any atom is -0.409 e. The summed E-state index contributed by atoms with van der Waals surface area (Å²) in [6, 6.07) is 5.30. The van der Waals surface area contributed by atoms with Crippen LogP contribution in [0.4, 0.5) is 4.39 Å². The van der Waals surface area contributed by atoms with Gasteiger partial charge in [0.2, 0.25) is 0 Å². The van der Waals surface area contributed by atoms with E-state index in [1.54, 1.807) is 12.1 Å². The predicted octanol–water partition coefficient (Wildman–Crippen LogP) is 2.54. The zero-order valence-electron chi connectivity index (χ0n) is 11.7. The lowest BCUT2D eigenvalue weighted by molar-refractivity contribution is 0.210. The highest BCUT2D eigenvalue weighted by Gasteiger charge is 2.15. The molecule has 0 aliphatic rings. The number of hydrogen-bond donors (Lipinski definition) is 2. The summed E-state index contributed by atoms with van der Waals surface area (Å²) in [6.45, 7) is 7.69. The average Bonchev–Trinajstić information content (AvgIpc) is 2.39. The molecule has 3 N–H and O–H groups in total. The topological polar surface area (TPSA) is 61.8 Å². The van der Waals surface area contributed by atoms with E-state index in [1.165, 1.54) is 6.07 Å². The van der Waals surface area contributed by atoms with Crippen LogP contribution in [0.1, 0.15) is 38.3 Å². The van der Waals surface area contributed by atoms with E-state index in [0.29, 0.717) is 18.2 Å². The van der Waals surface area contributed by atoms with Crippen LogP contribution in [0.5, 0.6) is 0 Å². The van der Waals surface area contributed by atoms with Crippen LogP contribution >= 0.6 is 0 Å². The molecular weight excluding hydrogens is 245 g/mol. The Morgan fingerprint density at radius 2 is 2.16 bits per heavy atom. The molecule has 0 radical (unpaired) electrons. The van der Waals surface area contributed by atoms with Crippen molar-refractivity contribution in [2.45, 2.75) is 39.8 Å². The number of amidine groups is 1. The molecule has 1 aromatic rings. The quantitative estimate of drug-likeness (QED) is 0.360. The molecule has 0 unspecified atom stereocenters. The number of rotatable bonds is 6. The number of halogens is 1. The van der Waals surface area contributed by atoms with Crippen LogP contribution in [0.2, 0.25) is 0 Å². The van der Waals surface area contributed by atoms with Gasteiger partial charge < -0.3 is 10.9 Å². The van der Waals surface area contributed by atoms with Gasteiger partial charge in [-0.3, -0.25) is 4.90 Å². The third kappa shape index (κ3) is 3.92. The molecule has 1 rings (SSSR count). The summed E-state index contributed by atoms with van der Waals surface area (Å²) in [7, 11) is 0. The van der Waals surface area contributed by atoms with Gasteiger partial charge in [0, 0.05) is 18.2 Å². The molecule has 0 spiro atoms. The Bertz CT molecular complexity index is 446. The molecule has 0 saturated carbocycles. The molecule has 4 nitrogen and oxygen atoms in total. The molecule has 0 atom stereocenters. The van der Waals surface area contributed by atoms with Crippen molar-refractivity contribution in [3.63, 3.8) is 0 Å². The van der Waals surface area contributed by atoms with Gasteiger partial charge in [-0.15, -0.1) is 0 Å². The van der Waals surface area contributed by atoms with Crippen LogP contribution < -0.4 is 5.73 Å². The first-order chi connectivity index (χ1) is 9.01. The molecule has 0 amide bonds. The van der Waals surface area contributed by atoms with E-state index in [2.05, 4.69) is 30.8 Å². The summed E-state index contributed by atoms with van der Waals surface area (Å²) in [4.78, 5) is 2.19. The van der Waals surface area contributed by atoms with Crippen molar-refractivity contribution in [2.75, 3.05) is 6.54 Å². The minimum atomic E-state index is -0.417. The molecule has 0 saturated heterocycles. The molecule has 1 aromatic carbocycles. The maximum atomic E-state index is 14.3. The maximum absolute atomic E-state index is 14.3. The lowest BCUT2D eigenvalue weighted by Gasteiger charge is -2.26. The minimum absolute atomic E-state index is 0.139. The van der Waals surface area contributed by atoms with Gasteiger partial charge in [-0.25, -0.2) is 4.39 Å². The Balaban J connectivity index is 3.01. The molecule has 0 aliphatic carbocycles. The lowest BCUT2D eigenvalue weighted by atomic mass is 10.1. The van der Waals surface area contributed by atoms with E-state index in [1.807, 2.05) is 0 Å². The van der Waals surface area contributed by atoms with Crippen LogP contribution in [0.25, 0.3) is 0 Å². The maximum Gasteiger partial charge on any atom is 0.173 e. The second-order valence-electron chi connectivity index (χ2n) is 4.83. The van der Waals surface area contributed by atoms with Crippen LogP contribution in [-0.4, -0.2) is 28.5 Å². The summed E-state index contributed by atoms with van der Waals surface area (Å²) in [6.07, 6.45) is 1.01. The van der Waals surface area contributed by atoms with E-state index in [-0.39, 0.29) is 11.4 Å². The monoisotopic (exact) mass is 267 g/mol. The van der Waals surface area contributed by atoms with Crippen molar-refractivity contribution < 1.29 is 9.60 Å². The largest absolute Gasteiger partial charge is 0.409 e. The fourth-order valence-electron chi connectivity index (χ4n) is 1.98. The molecule has 0 bridgehead atoms. The van der Waals surface area contributed by atoms with Crippen molar-refractivity contribution >= 4 is 5.84 Å². The van der Waals surface area contributed by atoms with Crippen molar-refractivity contribution in [1.82, 2.24) is 4.90 Å². The molecule has 5 heteroatoms. The Morgan fingerprint density at radius 3 is 2.68 bits per heavy atom. The predicted molar refractivity (Wildman–Crippen MR) is 74.7 cm³/mol. The second kappa shape index (κ2) is 7.09. The third-order valence-electron chi connectivity index (χ3n) is 3.08. The molecule has 0 aliphatic heterocycles. The van der Waals surface area contributed by atoms with Gasteiger partial charge in [-0.05, 0) is 32.9 Å². The number of nitrogens with two attached hydrogens (primary N) is 1. The number of benzene rings is 1. The number of oxime groups is 1. The fraction of sp³-hybridized carbons (Fsp3) is 0.500. The summed E-state index contributed by atoms with van der Waals surface area (Å²) in [5.41, 5.74) is 6.16. The highest BCUT2D eigenvalue weighted by Crippen LogP contribution is 2.16. The van der Waals surface area contributed by atoms with Gasteiger partial charge in [0.15, 0.2) is 5.84 Å². The Kier molecular flexibility index (Phi) is 5.76. The SMILES string of the molecule is CCCN(Cc1cccc(/C(N)=N/O)c1F)C(C)C. The van der Waals surface area contributed by atoms with Crippen molar-refractivity contribution in [2.24, 2.45) is 10.9 Å².